The molecule has 0 amide bonds. The molecule has 1 aromatic heterocycles. The van der Waals surface area contributed by atoms with E-state index in [1.807, 2.05) is 6.07 Å². The van der Waals surface area contributed by atoms with Crippen molar-refractivity contribution in [2.45, 2.75) is 18.9 Å². The van der Waals surface area contributed by atoms with Crippen LogP contribution in [-0.2, 0) is 11.3 Å². The van der Waals surface area contributed by atoms with Crippen LogP contribution in [-0.4, -0.2) is 30.2 Å². The number of nitrogens with two attached hydrogens (primary N) is 1. The van der Waals surface area contributed by atoms with Crippen molar-refractivity contribution in [2.24, 2.45) is 0 Å². The highest BCUT2D eigenvalue weighted by molar-refractivity contribution is 5.48. The Morgan fingerprint density at radius 1 is 1.29 bits per heavy atom. The molecular formula is C16H20N4O. The fourth-order valence-electron chi connectivity index (χ4n) is 2.82. The first-order valence-corrected chi connectivity index (χ1v) is 7.18. The molecule has 0 bridgehead atoms. The van der Waals surface area contributed by atoms with Gasteiger partial charge in [0.05, 0.1) is 0 Å². The number of hydrogen-bond acceptors (Lipinski definition) is 5. The summed E-state index contributed by atoms with van der Waals surface area (Å²) in [7, 11) is 1.63. The van der Waals surface area contributed by atoms with Crippen LogP contribution in [0.4, 0.5) is 11.6 Å². The summed E-state index contributed by atoms with van der Waals surface area (Å²) in [4.78, 5) is 11.0. The zero-order valence-electron chi connectivity index (χ0n) is 12.2. The van der Waals surface area contributed by atoms with Gasteiger partial charge in [0.15, 0.2) is 5.82 Å². The van der Waals surface area contributed by atoms with E-state index in [-0.39, 0.29) is 0 Å². The van der Waals surface area contributed by atoms with Crippen molar-refractivity contribution < 1.29 is 4.74 Å². The molecule has 0 aliphatic carbocycles. The first kappa shape index (κ1) is 13.8. The highest BCUT2D eigenvalue weighted by atomic mass is 16.5. The first-order chi connectivity index (χ1) is 10.3. The third kappa shape index (κ3) is 3.13. The molecule has 2 heterocycles. The highest BCUT2D eigenvalue weighted by Crippen LogP contribution is 2.30. The van der Waals surface area contributed by atoms with Crippen LogP contribution in [0.25, 0.3) is 0 Å². The molecule has 2 aromatic rings. The largest absolute Gasteiger partial charge is 0.384 e. The van der Waals surface area contributed by atoms with Crippen molar-refractivity contribution in [3.8, 4) is 0 Å². The van der Waals surface area contributed by atoms with E-state index >= 15 is 0 Å². The molecule has 1 saturated heterocycles. The number of nitrogen functional groups attached to an aromatic ring is 1. The number of methoxy groups -OCH3 is 1. The maximum Gasteiger partial charge on any atom is 0.158 e. The van der Waals surface area contributed by atoms with Crippen LogP contribution < -0.4 is 10.6 Å². The molecule has 0 radical (unpaired) electrons. The van der Waals surface area contributed by atoms with Crippen LogP contribution in [0.15, 0.2) is 36.4 Å². The molecule has 1 fully saturated rings. The van der Waals surface area contributed by atoms with Crippen molar-refractivity contribution >= 4 is 11.6 Å². The van der Waals surface area contributed by atoms with Gasteiger partial charge in [0, 0.05) is 32.2 Å². The van der Waals surface area contributed by atoms with Gasteiger partial charge in [-0.1, -0.05) is 30.3 Å². The van der Waals surface area contributed by atoms with Gasteiger partial charge in [0.1, 0.15) is 18.2 Å². The van der Waals surface area contributed by atoms with Gasteiger partial charge in [0.2, 0.25) is 0 Å². The average molecular weight is 284 g/mol. The number of benzene rings is 1. The Labute approximate surface area is 124 Å². The van der Waals surface area contributed by atoms with E-state index < -0.39 is 0 Å². The van der Waals surface area contributed by atoms with Crippen LogP contribution in [0.3, 0.4) is 0 Å². The van der Waals surface area contributed by atoms with Gasteiger partial charge < -0.3 is 15.4 Å². The Morgan fingerprint density at radius 3 is 2.86 bits per heavy atom. The number of hydrogen-bond donors (Lipinski definition) is 1. The molecule has 0 saturated carbocycles. The molecule has 1 aliphatic heterocycles. The van der Waals surface area contributed by atoms with Crippen molar-refractivity contribution in [3.63, 3.8) is 0 Å². The lowest BCUT2D eigenvalue weighted by Crippen LogP contribution is -2.21. The van der Waals surface area contributed by atoms with Gasteiger partial charge >= 0.3 is 0 Å². The second-order valence-electron chi connectivity index (χ2n) is 5.34. The molecule has 3 rings (SSSR count). The zero-order valence-corrected chi connectivity index (χ0v) is 12.2. The first-order valence-electron chi connectivity index (χ1n) is 7.18. The number of nitrogens with zero attached hydrogens (tertiary/aromatic N) is 3. The number of aromatic nitrogens is 2. The van der Waals surface area contributed by atoms with Gasteiger partial charge in [-0.05, 0) is 12.0 Å². The fraction of sp³-hybridized carbons (Fsp3) is 0.375. The maximum absolute atomic E-state index is 5.87. The zero-order chi connectivity index (χ0) is 14.7. The maximum atomic E-state index is 5.87. The van der Waals surface area contributed by atoms with Gasteiger partial charge in [-0.3, -0.25) is 0 Å². The van der Waals surface area contributed by atoms with E-state index in [2.05, 4.69) is 45.2 Å². The molecule has 2 N–H and O–H groups in total. The predicted molar refractivity (Wildman–Crippen MR) is 83.2 cm³/mol. The molecule has 5 heteroatoms. The van der Waals surface area contributed by atoms with E-state index in [0.717, 1.165) is 25.3 Å². The van der Waals surface area contributed by atoms with Crippen molar-refractivity contribution in [2.75, 3.05) is 30.8 Å². The van der Waals surface area contributed by atoms with E-state index in [0.29, 0.717) is 24.2 Å². The summed E-state index contributed by atoms with van der Waals surface area (Å²) in [6.07, 6.45) is 1.13. The SMILES string of the molecule is COCc1nc(N)cc(N2CCC(c3ccccc3)C2)n1. The normalized spacial score (nSPS) is 18.1. The molecule has 1 atom stereocenters. The van der Waals surface area contributed by atoms with Crippen LogP contribution >= 0.6 is 0 Å². The lowest BCUT2D eigenvalue weighted by Gasteiger charge is -2.18. The third-order valence-corrected chi connectivity index (χ3v) is 3.84. The Morgan fingerprint density at radius 2 is 2.10 bits per heavy atom. The number of anilines is 2. The smallest absolute Gasteiger partial charge is 0.158 e. The summed E-state index contributed by atoms with van der Waals surface area (Å²) in [5, 5.41) is 0. The molecule has 0 spiro atoms. The summed E-state index contributed by atoms with van der Waals surface area (Å²) < 4.78 is 5.09. The van der Waals surface area contributed by atoms with Crippen LogP contribution in [0.2, 0.25) is 0 Å². The van der Waals surface area contributed by atoms with Crippen molar-refractivity contribution in [3.05, 3.63) is 47.8 Å². The molecule has 5 nitrogen and oxygen atoms in total. The van der Waals surface area contributed by atoms with Gasteiger partial charge in [-0.2, -0.15) is 0 Å². The Kier molecular flexibility index (Phi) is 4.01. The summed E-state index contributed by atoms with van der Waals surface area (Å²) in [6, 6.07) is 12.5. The van der Waals surface area contributed by atoms with Gasteiger partial charge in [0.25, 0.3) is 0 Å². The second kappa shape index (κ2) is 6.10. The van der Waals surface area contributed by atoms with Gasteiger partial charge in [-0.15, -0.1) is 0 Å². The van der Waals surface area contributed by atoms with Crippen molar-refractivity contribution in [1.82, 2.24) is 9.97 Å². The monoisotopic (exact) mass is 284 g/mol. The molecule has 110 valence electrons. The molecular weight excluding hydrogens is 264 g/mol. The summed E-state index contributed by atoms with van der Waals surface area (Å²) in [5.74, 6) is 2.58. The molecule has 1 aliphatic rings. The van der Waals surface area contributed by atoms with Crippen molar-refractivity contribution in [1.29, 1.82) is 0 Å². The number of rotatable bonds is 4. The third-order valence-electron chi connectivity index (χ3n) is 3.84. The molecule has 1 aromatic carbocycles. The van der Waals surface area contributed by atoms with E-state index in [1.165, 1.54) is 5.56 Å². The second-order valence-corrected chi connectivity index (χ2v) is 5.34. The molecule has 21 heavy (non-hydrogen) atoms. The van der Waals surface area contributed by atoms with E-state index in [1.54, 1.807) is 7.11 Å². The quantitative estimate of drug-likeness (QED) is 0.932. The lowest BCUT2D eigenvalue weighted by molar-refractivity contribution is 0.178. The highest BCUT2D eigenvalue weighted by Gasteiger charge is 2.25. The standard InChI is InChI=1S/C16H20N4O/c1-21-11-15-18-14(17)9-16(19-15)20-8-7-13(10-20)12-5-3-2-4-6-12/h2-6,9,13H,7-8,10-11H2,1H3,(H2,17,18,19). The fourth-order valence-corrected chi connectivity index (χ4v) is 2.82. The predicted octanol–water partition coefficient (Wildman–Crippen LogP) is 2.20. The topological polar surface area (TPSA) is 64.3 Å². The molecule has 1 unspecified atom stereocenters. The minimum Gasteiger partial charge on any atom is -0.384 e. The number of ether oxygens (including phenoxy) is 1. The summed E-state index contributed by atoms with van der Waals surface area (Å²) >= 11 is 0. The van der Waals surface area contributed by atoms with E-state index in [4.69, 9.17) is 10.5 Å². The van der Waals surface area contributed by atoms with Gasteiger partial charge in [-0.25, -0.2) is 9.97 Å². The average Bonchev–Trinajstić information content (AvgIpc) is 2.98. The van der Waals surface area contributed by atoms with Crippen LogP contribution in [0.5, 0.6) is 0 Å². The Hall–Kier alpha value is -2.14. The summed E-state index contributed by atoms with van der Waals surface area (Å²) in [5.41, 5.74) is 7.26. The Bertz CT molecular complexity index is 602. The van der Waals surface area contributed by atoms with Crippen LogP contribution in [0, 0.1) is 0 Å². The lowest BCUT2D eigenvalue weighted by atomic mass is 9.99. The van der Waals surface area contributed by atoms with E-state index in [9.17, 15) is 0 Å². The minimum atomic E-state index is 0.383. The summed E-state index contributed by atoms with van der Waals surface area (Å²) in [6.45, 7) is 2.34. The van der Waals surface area contributed by atoms with Crippen LogP contribution in [0.1, 0.15) is 23.7 Å². The Balaban J connectivity index is 1.77. The minimum absolute atomic E-state index is 0.383.